The topological polar surface area (TPSA) is 52.6 Å². The summed E-state index contributed by atoms with van der Waals surface area (Å²) < 4.78 is 10.0. The van der Waals surface area contributed by atoms with Crippen molar-refractivity contribution in [3.63, 3.8) is 0 Å². The molecule has 1 unspecified atom stereocenters. The van der Waals surface area contributed by atoms with E-state index in [2.05, 4.69) is 6.58 Å². The van der Waals surface area contributed by atoms with E-state index in [1.165, 1.54) is 0 Å². The predicted molar refractivity (Wildman–Crippen MR) is 71.5 cm³/mol. The number of hydrogen-bond acceptors (Lipinski definition) is 4. The number of carbonyl (C=O) groups excluding carboxylic acids is 2. The van der Waals surface area contributed by atoms with Crippen LogP contribution in [0.15, 0.2) is 42.5 Å². The molecule has 1 rings (SSSR count). The summed E-state index contributed by atoms with van der Waals surface area (Å²) in [5.41, 5.74) is 1.21. The zero-order valence-electron chi connectivity index (χ0n) is 11.2. The van der Waals surface area contributed by atoms with Gasteiger partial charge in [-0.3, -0.25) is 4.79 Å². The summed E-state index contributed by atoms with van der Waals surface area (Å²) >= 11 is 0. The minimum Gasteiger partial charge on any atom is -0.459 e. The van der Waals surface area contributed by atoms with Gasteiger partial charge >= 0.3 is 11.9 Å². The highest BCUT2D eigenvalue weighted by Gasteiger charge is 2.12. The van der Waals surface area contributed by atoms with Gasteiger partial charge < -0.3 is 9.47 Å². The number of rotatable bonds is 6. The van der Waals surface area contributed by atoms with Crippen LogP contribution in [0.2, 0.25) is 0 Å². The van der Waals surface area contributed by atoms with E-state index in [9.17, 15) is 9.59 Å². The Morgan fingerprint density at radius 2 is 1.89 bits per heavy atom. The molecule has 4 heteroatoms. The first-order valence-corrected chi connectivity index (χ1v) is 6.05. The first kappa shape index (κ1) is 15.0. The van der Waals surface area contributed by atoms with Crippen LogP contribution in [-0.4, -0.2) is 24.6 Å². The van der Waals surface area contributed by atoms with E-state index in [1.54, 1.807) is 13.8 Å². The Kier molecular flexibility index (Phi) is 5.79. The second-order valence-electron chi connectivity index (χ2n) is 4.34. The lowest BCUT2D eigenvalue weighted by molar-refractivity contribution is -0.155. The van der Waals surface area contributed by atoms with Crippen molar-refractivity contribution in [3.8, 4) is 0 Å². The summed E-state index contributed by atoms with van der Waals surface area (Å²) in [6.07, 6.45) is -0.265. The fourth-order valence-corrected chi connectivity index (χ4v) is 1.38. The quantitative estimate of drug-likeness (QED) is 0.583. The van der Waals surface area contributed by atoms with E-state index in [0.717, 1.165) is 5.56 Å². The predicted octanol–water partition coefficient (Wildman–Crippen LogP) is 2.28. The third-order valence-electron chi connectivity index (χ3n) is 2.32. The van der Waals surface area contributed by atoms with Crippen LogP contribution >= 0.6 is 0 Å². The number of carbonyl (C=O) groups is 2. The van der Waals surface area contributed by atoms with Crippen molar-refractivity contribution in [2.75, 3.05) is 6.61 Å². The maximum atomic E-state index is 11.6. The zero-order chi connectivity index (χ0) is 14.3. The van der Waals surface area contributed by atoms with Crippen molar-refractivity contribution >= 4 is 11.9 Å². The molecule has 0 N–H and O–H groups in total. The first-order chi connectivity index (χ1) is 8.99. The SMILES string of the molecule is C=C(C)C(=O)OCC(C)OC(=O)Cc1ccccc1. The molecule has 0 aliphatic heterocycles. The van der Waals surface area contributed by atoms with Gasteiger partial charge in [-0.25, -0.2) is 4.79 Å². The van der Waals surface area contributed by atoms with Gasteiger partial charge in [0.05, 0.1) is 6.42 Å². The van der Waals surface area contributed by atoms with E-state index in [4.69, 9.17) is 9.47 Å². The number of esters is 2. The molecule has 19 heavy (non-hydrogen) atoms. The molecule has 0 heterocycles. The molecule has 0 bridgehead atoms. The molecule has 0 saturated heterocycles. The summed E-state index contributed by atoms with van der Waals surface area (Å²) in [7, 11) is 0. The lowest BCUT2D eigenvalue weighted by Crippen LogP contribution is -2.23. The number of benzene rings is 1. The lowest BCUT2D eigenvalue weighted by atomic mass is 10.1. The Morgan fingerprint density at radius 1 is 1.26 bits per heavy atom. The molecule has 0 aliphatic carbocycles. The van der Waals surface area contributed by atoms with Crippen molar-refractivity contribution in [1.82, 2.24) is 0 Å². The van der Waals surface area contributed by atoms with Crippen molar-refractivity contribution in [2.45, 2.75) is 26.4 Å². The van der Waals surface area contributed by atoms with E-state index in [-0.39, 0.29) is 19.0 Å². The highest BCUT2D eigenvalue weighted by atomic mass is 16.6. The van der Waals surface area contributed by atoms with Crippen LogP contribution in [0.3, 0.4) is 0 Å². The number of hydrogen-bond donors (Lipinski definition) is 0. The smallest absolute Gasteiger partial charge is 0.333 e. The van der Waals surface area contributed by atoms with Gasteiger partial charge in [0, 0.05) is 5.57 Å². The average molecular weight is 262 g/mol. The van der Waals surface area contributed by atoms with Gasteiger partial charge in [-0.15, -0.1) is 0 Å². The van der Waals surface area contributed by atoms with Gasteiger partial charge in [0.15, 0.2) is 0 Å². The van der Waals surface area contributed by atoms with Crippen LogP contribution in [-0.2, 0) is 25.5 Å². The Balaban J connectivity index is 2.32. The minimum absolute atomic E-state index is 0.0340. The van der Waals surface area contributed by atoms with Crippen LogP contribution in [0.5, 0.6) is 0 Å². The maximum Gasteiger partial charge on any atom is 0.333 e. The van der Waals surface area contributed by atoms with Crippen molar-refractivity contribution < 1.29 is 19.1 Å². The zero-order valence-corrected chi connectivity index (χ0v) is 11.2. The van der Waals surface area contributed by atoms with Crippen LogP contribution in [0, 0.1) is 0 Å². The molecule has 0 aliphatic rings. The average Bonchev–Trinajstić information content (AvgIpc) is 2.36. The molecule has 4 nitrogen and oxygen atoms in total. The molecule has 0 spiro atoms. The number of ether oxygens (including phenoxy) is 2. The van der Waals surface area contributed by atoms with E-state index in [0.29, 0.717) is 5.57 Å². The molecule has 0 aromatic heterocycles. The third kappa shape index (κ3) is 5.86. The van der Waals surface area contributed by atoms with Gasteiger partial charge in [-0.05, 0) is 19.4 Å². The standard InChI is InChI=1S/C15H18O4/c1-11(2)15(17)18-10-12(3)19-14(16)9-13-7-5-4-6-8-13/h4-8,12H,1,9-10H2,2-3H3. The molecule has 0 amide bonds. The fraction of sp³-hybridized carbons (Fsp3) is 0.333. The van der Waals surface area contributed by atoms with Crippen molar-refractivity contribution in [1.29, 1.82) is 0 Å². The van der Waals surface area contributed by atoms with Gasteiger partial charge in [-0.2, -0.15) is 0 Å². The van der Waals surface area contributed by atoms with E-state index < -0.39 is 12.1 Å². The summed E-state index contributed by atoms with van der Waals surface area (Å²) in [6.45, 7) is 6.74. The maximum absolute atomic E-state index is 11.6. The van der Waals surface area contributed by atoms with Gasteiger partial charge in [0.1, 0.15) is 12.7 Å². The molecule has 0 radical (unpaired) electrons. The van der Waals surface area contributed by atoms with Gasteiger partial charge in [-0.1, -0.05) is 36.9 Å². The lowest BCUT2D eigenvalue weighted by Gasteiger charge is -2.13. The molecule has 1 atom stereocenters. The van der Waals surface area contributed by atoms with Gasteiger partial charge in [0.25, 0.3) is 0 Å². The molecular weight excluding hydrogens is 244 g/mol. The highest BCUT2D eigenvalue weighted by Crippen LogP contribution is 2.03. The van der Waals surface area contributed by atoms with E-state index in [1.807, 2.05) is 30.3 Å². The molecule has 102 valence electrons. The Morgan fingerprint density at radius 3 is 2.47 bits per heavy atom. The second kappa shape index (κ2) is 7.36. The highest BCUT2D eigenvalue weighted by molar-refractivity contribution is 5.86. The fourth-order valence-electron chi connectivity index (χ4n) is 1.38. The molecule has 1 aromatic carbocycles. The van der Waals surface area contributed by atoms with Gasteiger partial charge in [0.2, 0.25) is 0 Å². The Bertz CT molecular complexity index is 450. The van der Waals surface area contributed by atoms with Crippen LogP contribution in [0.4, 0.5) is 0 Å². The summed E-state index contributed by atoms with van der Waals surface area (Å²) in [5.74, 6) is -0.823. The Hall–Kier alpha value is -2.10. The monoisotopic (exact) mass is 262 g/mol. The van der Waals surface area contributed by atoms with Crippen molar-refractivity contribution in [3.05, 3.63) is 48.0 Å². The molecular formula is C15H18O4. The summed E-state index contributed by atoms with van der Waals surface area (Å²) in [6, 6.07) is 9.32. The van der Waals surface area contributed by atoms with Crippen LogP contribution in [0.1, 0.15) is 19.4 Å². The van der Waals surface area contributed by atoms with Crippen LogP contribution < -0.4 is 0 Å². The largest absolute Gasteiger partial charge is 0.459 e. The van der Waals surface area contributed by atoms with E-state index >= 15 is 0 Å². The first-order valence-electron chi connectivity index (χ1n) is 6.05. The molecule has 1 aromatic rings. The van der Waals surface area contributed by atoms with Crippen LogP contribution in [0.25, 0.3) is 0 Å². The molecule has 0 saturated carbocycles. The summed E-state index contributed by atoms with van der Waals surface area (Å²) in [5, 5.41) is 0. The third-order valence-corrected chi connectivity index (χ3v) is 2.32. The molecule has 0 fully saturated rings. The van der Waals surface area contributed by atoms with Crippen molar-refractivity contribution in [2.24, 2.45) is 0 Å². The summed E-state index contributed by atoms with van der Waals surface area (Å²) in [4.78, 5) is 22.8. The normalized spacial score (nSPS) is 11.5. The second-order valence-corrected chi connectivity index (χ2v) is 4.34. The Labute approximate surface area is 113 Å². The minimum atomic E-state index is -0.481.